The summed E-state index contributed by atoms with van der Waals surface area (Å²) in [6, 6.07) is 4.97. The van der Waals surface area contributed by atoms with E-state index in [0.717, 1.165) is 19.4 Å². The molecular formula is C15H26N2. The molecule has 1 rings (SSSR count). The van der Waals surface area contributed by atoms with Crippen molar-refractivity contribution in [3.63, 3.8) is 0 Å². The lowest BCUT2D eigenvalue weighted by atomic mass is 9.97. The molecule has 2 heteroatoms. The van der Waals surface area contributed by atoms with E-state index >= 15 is 0 Å². The molecule has 0 amide bonds. The molecule has 1 aromatic heterocycles. The molecule has 2 atom stereocenters. The topological polar surface area (TPSA) is 24.9 Å². The Hall–Kier alpha value is -0.890. The van der Waals surface area contributed by atoms with Gasteiger partial charge in [-0.3, -0.25) is 4.98 Å². The van der Waals surface area contributed by atoms with Gasteiger partial charge in [-0.15, -0.1) is 0 Å². The molecule has 2 unspecified atom stereocenters. The highest BCUT2D eigenvalue weighted by Crippen LogP contribution is 2.12. The van der Waals surface area contributed by atoms with Gasteiger partial charge in [0, 0.05) is 17.9 Å². The first kappa shape index (κ1) is 14.2. The fraction of sp³-hybridized carbons (Fsp3) is 0.667. The van der Waals surface area contributed by atoms with Crippen LogP contribution in [0.3, 0.4) is 0 Å². The molecular weight excluding hydrogens is 208 g/mol. The maximum atomic E-state index is 4.52. The zero-order valence-electron chi connectivity index (χ0n) is 11.7. The maximum Gasteiger partial charge on any atom is 0.0406 e. The van der Waals surface area contributed by atoms with Gasteiger partial charge in [-0.25, -0.2) is 0 Å². The van der Waals surface area contributed by atoms with Crippen LogP contribution in [0.25, 0.3) is 0 Å². The van der Waals surface area contributed by atoms with Crippen molar-refractivity contribution >= 4 is 0 Å². The van der Waals surface area contributed by atoms with Crippen molar-refractivity contribution in [2.45, 2.75) is 53.0 Å². The number of nitrogens with zero attached hydrogens (tertiary/aromatic N) is 1. The SMILES string of the molecule is CCNC(C)CC(C)Cc1ccc(CC)cn1. The predicted molar refractivity (Wildman–Crippen MR) is 74.2 cm³/mol. The molecule has 1 aromatic rings. The quantitative estimate of drug-likeness (QED) is 0.783. The molecule has 0 aliphatic carbocycles. The Kier molecular flexibility index (Phi) is 6.20. The van der Waals surface area contributed by atoms with Crippen LogP contribution < -0.4 is 5.32 Å². The summed E-state index contributed by atoms with van der Waals surface area (Å²) < 4.78 is 0. The first-order chi connectivity index (χ1) is 8.15. The first-order valence-corrected chi connectivity index (χ1v) is 6.82. The molecule has 0 fully saturated rings. The molecule has 0 aromatic carbocycles. The Morgan fingerprint density at radius 1 is 1.24 bits per heavy atom. The summed E-state index contributed by atoms with van der Waals surface area (Å²) in [6.07, 6.45) is 5.38. The lowest BCUT2D eigenvalue weighted by Crippen LogP contribution is -2.27. The number of pyridine rings is 1. The lowest BCUT2D eigenvalue weighted by Gasteiger charge is -2.17. The molecule has 96 valence electrons. The Labute approximate surface area is 106 Å². The minimum atomic E-state index is 0.602. The zero-order valence-corrected chi connectivity index (χ0v) is 11.7. The van der Waals surface area contributed by atoms with Crippen LogP contribution in [0, 0.1) is 5.92 Å². The molecule has 0 saturated heterocycles. The smallest absolute Gasteiger partial charge is 0.0406 e. The van der Waals surface area contributed by atoms with E-state index in [-0.39, 0.29) is 0 Å². The van der Waals surface area contributed by atoms with Crippen LogP contribution in [-0.2, 0) is 12.8 Å². The van der Waals surface area contributed by atoms with E-state index in [0.29, 0.717) is 12.0 Å². The summed E-state index contributed by atoms with van der Waals surface area (Å²) >= 11 is 0. The third-order valence-electron chi connectivity index (χ3n) is 3.16. The van der Waals surface area contributed by atoms with Gasteiger partial charge in [-0.2, -0.15) is 0 Å². The molecule has 0 bridgehead atoms. The number of rotatable bonds is 7. The Morgan fingerprint density at radius 2 is 2.00 bits per heavy atom. The van der Waals surface area contributed by atoms with Gasteiger partial charge in [-0.05, 0) is 50.3 Å². The van der Waals surface area contributed by atoms with E-state index in [1.165, 1.54) is 17.7 Å². The Balaban J connectivity index is 2.41. The minimum absolute atomic E-state index is 0.602. The van der Waals surface area contributed by atoms with Crippen LogP contribution in [0.1, 0.15) is 45.4 Å². The third-order valence-corrected chi connectivity index (χ3v) is 3.16. The Morgan fingerprint density at radius 3 is 2.53 bits per heavy atom. The molecule has 0 radical (unpaired) electrons. The molecule has 2 nitrogen and oxygen atoms in total. The monoisotopic (exact) mass is 234 g/mol. The summed E-state index contributed by atoms with van der Waals surface area (Å²) in [5, 5.41) is 3.46. The molecule has 1 N–H and O–H groups in total. The average Bonchev–Trinajstić information content (AvgIpc) is 2.30. The van der Waals surface area contributed by atoms with Crippen LogP contribution in [0.15, 0.2) is 18.3 Å². The number of aromatic nitrogens is 1. The molecule has 1 heterocycles. The lowest BCUT2D eigenvalue weighted by molar-refractivity contribution is 0.423. The maximum absolute atomic E-state index is 4.52. The highest BCUT2D eigenvalue weighted by molar-refractivity contribution is 5.14. The Bertz CT molecular complexity index is 305. The number of hydrogen-bond donors (Lipinski definition) is 1. The second-order valence-electron chi connectivity index (χ2n) is 5.02. The van der Waals surface area contributed by atoms with E-state index in [1.54, 1.807) is 0 Å². The van der Waals surface area contributed by atoms with Crippen molar-refractivity contribution in [3.05, 3.63) is 29.6 Å². The van der Waals surface area contributed by atoms with E-state index in [1.807, 2.05) is 6.20 Å². The standard InChI is InChI=1S/C15H26N2/c1-5-14-7-8-15(17-11-14)10-12(3)9-13(4)16-6-2/h7-8,11-13,16H,5-6,9-10H2,1-4H3. The zero-order chi connectivity index (χ0) is 12.7. The third kappa shape index (κ3) is 5.31. The number of hydrogen-bond acceptors (Lipinski definition) is 2. The second kappa shape index (κ2) is 7.44. The first-order valence-electron chi connectivity index (χ1n) is 6.82. The second-order valence-corrected chi connectivity index (χ2v) is 5.02. The molecule has 17 heavy (non-hydrogen) atoms. The van der Waals surface area contributed by atoms with Gasteiger partial charge < -0.3 is 5.32 Å². The normalized spacial score (nSPS) is 14.6. The highest BCUT2D eigenvalue weighted by Gasteiger charge is 2.09. The van der Waals surface area contributed by atoms with E-state index in [2.05, 4.69) is 50.1 Å². The molecule has 0 aliphatic rings. The van der Waals surface area contributed by atoms with Crippen LogP contribution in [0.4, 0.5) is 0 Å². The fourth-order valence-corrected chi connectivity index (χ4v) is 2.26. The summed E-state index contributed by atoms with van der Waals surface area (Å²) in [5.41, 5.74) is 2.54. The largest absolute Gasteiger partial charge is 0.315 e. The van der Waals surface area contributed by atoms with Gasteiger partial charge in [0.05, 0.1) is 0 Å². The highest BCUT2D eigenvalue weighted by atomic mass is 14.9. The van der Waals surface area contributed by atoms with Crippen LogP contribution in [0.2, 0.25) is 0 Å². The summed E-state index contributed by atoms with van der Waals surface area (Å²) in [5.74, 6) is 0.684. The summed E-state index contributed by atoms with van der Waals surface area (Å²) in [6.45, 7) is 9.94. The summed E-state index contributed by atoms with van der Waals surface area (Å²) in [4.78, 5) is 4.52. The fourth-order valence-electron chi connectivity index (χ4n) is 2.26. The van der Waals surface area contributed by atoms with E-state index in [4.69, 9.17) is 0 Å². The van der Waals surface area contributed by atoms with Crippen molar-refractivity contribution in [2.24, 2.45) is 5.92 Å². The van der Waals surface area contributed by atoms with Crippen molar-refractivity contribution in [1.29, 1.82) is 0 Å². The molecule has 0 aliphatic heterocycles. The van der Waals surface area contributed by atoms with Crippen molar-refractivity contribution < 1.29 is 0 Å². The molecule has 0 saturated carbocycles. The van der Waals surface area contributed by atoms with Gasteiger partial charge in [0.1, 0.15) is 0 Å². The van der Waals surface area contributed by atoms with Gasteiger partial charge in [0.2, 0.25) is 0 Å². The minimum Gasteiger partial charge on any atom is -0.315 e. The van der Waals surface area contributed by atoms with Gasteiger partial charge in [0.15, 0.2) is 0 Å². The predicted octanol–water partition coefficient (Wildman–Crippen LogP) is 3.21. The van der Waals surface area contributed by atoms with Crippen molar-refractivity contribution in [3.8, 4) is 0 Å². The van der Waals surface area contributed by atoms with Crippen LogP contribution >= 0.6 is 0 Å². The van der Waals surface area contributed by atoms with Crippen LogP contribution in [-0.4, -0.2) is 17.6 Å². The van der Waals surface area contributed by atoms with Crippen molar-refractivity contribution in [1.82, 2.24) is 10.3 Å². The number of nitrogens with one attached hydrogen (secondary N) is 1. The van der Waals surface area contributed by atoms with Crippen molar-refractivity contribution in [2.75, 3.05) is 6.54 Å². The van der Waals surface area contributed by atoms with Gasteiger partial charge in [0.25, 0.3) is 0 Å². The van der Waals surface area contributed by atoms with Gasteiger partial charge in [-0.1, -0.05) is 26.8 Å². The van der Waals surface area contributed by atoms with E-state index < -0.39 is 0 Å². The number of aryl methyl sites for hydroxylation is 1. The average molecular weight is 234 g/mol. The van der Waals surface area contributed by atoms with Gasteiger partial charge >= 0.3 is 0 Å². The molecule has 0 spiro atoms. The summed E-state index contributed by atoms with van der Waals surface area (Å²) in [7, 11) is 0. The van der Waals surface area contributed by atoms with E-state index in [9.17, 15) is 0 Å². The van der Waals surface area contributed by atoms with Crippen LogP contribution in [0.5, 0.6) is 0 Å².